The van der Waals surface area contributed by atoms with Crippen molar-refractivity contribution in [2.45, 2.75) is 43.9 Å². The fourth-order valence-electron chi connectivity index (χ4n) is 6.07. The fraction of sp³-hybridized carbons (Fsp3) is 0.480. The molecular formula is C25H29N5O2. The standard InChI is InChI=1S/C25H29N5O2/c31-24-23(28-14-16-32-17-15-28)20-10-6-7-13-25(20,29(24)18-19-8-2-1-3-9-19)30-26-21-11-4-5-12-22(21)27-30/h1-5,8-9,11-12,20,23H,6-7,10,13-18H2. The summed E-state index contributed by atoms with van der Waals surface area (Å²) in [5.41, 5.74) is 2.37. The lowest BCUT2D eigenvalue weighted by atomic mass is 9.77. The number of rotatable bonds is 4. The molecular weight excluding hydrogens is 402 g/mol. The Labute approximate surface area is 187 Å². The lowest BCUT2D eigenvalue weighted by Gasteiger charge is -2.45. The van der Waals surface area contributed by atoms with E-state index < -0.39 is 5.66 Å². The molecule has 6 rings (SSSR count). The number of fused-ring (bicyclic) bond motifs is 2. The molecule has 166 valence electrons. The average Bonchev–Trinajstić information content (AvgIpc) is 3.39. The summed E-state index contributed by atoms with van der Waals surface area (Å²) in [6, 6.07) is 18.2. The maximum atomic E-state index is 14.1. The van der Waals surface area contributed by atoms with Crippen molar-refractivity contribution in [1.82, 2.24) is 24.8 Å². The monoisotopic (exact) mass is 431 g/mol. The van der Waals surface area contributed by atoms with E-state index in [4.69, 9.17) is 14.9 Å². The van der Waals surface area contributed by atoms with Gasteiger partial charge in [-0.25, -0.2) is 0 Å². The van der Waals surface area contributed by atoms with E-state index >= 15 is 0 Å². The zero-order valence-corrected chi connectivity index (χ0v) is 18.3. The van der Waals surface area contributed by atoms with Gasteiger partial charge in [0.15, 0.2) is 5.66 Å². The topological polar surface area (TPSA) is 63.5 Å². The Morgan fingerprint density at radius 3 is 2.34 bits per heavy atom. The highest BCUT2D eigenvalue weighted by molar-refractivity contribution is 5.86. The maximum Gasteiger partial charge on any atom is 0.242 e. The van der Waals surface area contributed by atoms with E-state index in [1.807, 2.05) is 47.3 Å². The van der Waals surface area contributed by atoms with Crippen LogP contribution in [0.15, 0.2) is 54.6 Å². The third-order valence-electron chi connectivity index (χ3n) is 7.53. The van der Waals surface area contributed by atoms with Gasteiger partial charge in [0.2, 0.25) is 5.91 Å². The highest BCUT2D eigenvalue weighted by Crippen LogP contribution is 2.51. The van der Waals surface area contributed by atoms with Gasteiger partial charge in [-0.2, -0.15) is 15.0 Å². The van der Waals surface area contributed by atoms with Gasteiger partial charge in [0.1, 0.15) is 11.0 Å². The van der Waals surface area contributed by atoms with E-state index in [0.717, 1.165) is 55.4 Å². The molecule has 3 aliphatic rings. The summed E-state index contributed by atoms with van der Waals surface area (Å²) < 4.78 is 5.61. The van der Waals surface area contributed by atoms with Gasteiger partial charge in [0.25, 0.3) is 0 Å². The normalized spacial score (nSPS) is 28.9. The highest BCUT2D eigenvalue weighted by atomic mass is 16.5. The van der Waals surface area contributed by atoms with Crippen molar-refractivity contribution < 1.29 is 9.53 Å². The van der Waals surface area contributed by atoms with Crippen LogP contribution in [-0.2, 0) is 21.7 Å². The predicted molar refractivity (Wildman–Crippen MR) is 121 cm³/mol. The molecule has 3 atom stereocenters. The molecule has 2 saturated heterocycles. The smallest absolute Gasteiger partial charge is 0.242 e. The first-order valence-electron chi connectivity index (χ1n) is 11.8. The van der Waals surface area contributed by atoms with Crippen molar-refractivity contribution in [2.75, 3.05) is 26.3 Å². The maximum absolute atomic E-state index is 14.1. The van der Waals surface area contributed by atoms with Crippen molar-refractivity contribution in [2.24, 2.45) is 5.92 Å². The lowest BCUT2D eigenvalue weighted by molar-refractivity contribution is -0.140. The first-order chi connectivity index (χ1) is 15.8. The number of carbonyl (C=O) groups excluding carboxylic acids is 1. The zero-order chi connectivity index (χ0) is 21.5. The Balaban J connectivity index is 1.49. The van der Waals surface area contributed by atoms with Crippen LogP contribution in [0.5, 0.6) is 0 Å². The summed E-state index contributed by atoms with van der Waals surface area (Å²) in [4.78, 5) is 20.5. The summed E-state index contributed by atoms with van der Waals surface area (Å²) in [5.74, 6) is 0.372. The van der Waals surface area contributed by atoms with Crippen molar-refractivity contribution in [3.8, 4) is 0 Å². The van der Waals surface area contributed by atoms with Crippen LogP contribution in [0.4, 0.5) is 0 Å². The number of aromatic nitrogens is 3. The number of nitrogens with zero attached hydrogens (tertiary/aromatic N) is 5. The Hall–Kier alpha value is -2.77. The van der Waals surface area contributed by atoms with E-state index in [2.05, 4.69) is 21.9 Å². The van der Waals surface area contributed by atoms with E-state index in [1.165, 1.54) is 0 Å². The lowest BCUT2D eigenvalue weighted by Crippen LogP contribution is -2.54. The van der Waals surface area contributed by atoms with Crippen molar-refractivity contribution in [3.63, 3.8) is 0 Å². The molecule has 0 radical (unpaired) electrons. The predicted octanol–water partition coefficient (Wildman–Crippen LogP) is 3.02. The van der Waals surface area contributed by atoms with Crippen LogP contribution in [0.3, 0.4) is 0 Å². The largest absolute Gasteiger partial charge is 0.379 e. The molecule has 3 aromatic rings. The van der Waals surface area contributed by atoms with Crippen LogP contribution in [-0.4, -0.2) is 63.0 Å². The Morgan fingerprint density at radius 1 is 0.938 bits per heavy atom. The van der Waals surface area contributed by atoms with Crippen LogP contribution in [0.25, 0.3) is 11.0 Å². The molecule has 1 aromatic heterocycles. The molecule has 1 amide bonds. The number of carbonyl (C=O) groups is 1. The molecule has 0 bridgehead atoms. The molecule has 7 nitrogen and oxygen atoms in total. The van der Waals surface area contributed by atoms with Gasteiger partial charge in [-0.05, 0) is 37.0 Å². The molecule has 1 aliphatic carbocycles. The SMILES string of the molecule is O=C1C(N2CCOCC2)C2CCCCC2(n2nc3ccccc3n2)N1Cc1ccccc1. The number of hydrogen-bond donors (Lipinski definition) is 0. The van der Waals surface area contributed by atoms with Crippen LogP contribution >= 0.6 is 0 Å². The summed E-state index contributed by atoms with van der Waals surface area (Å²) in [6.45, 7) is 3.56. The second-order valence-electron chi connectivity index (χ2n) is 9.21. The van der Waals surface area contributed by atoms with Crippen molar-refractivity contribution >= 4 is 16.9 Å². The van der Waals surface area contributed by atoms with Crippen molar-refractivity contribution in [3.05, 3.63) is 60.2 Å². The molecule has 0 spiro atoms. The highest BCUT2D eigenvalue weighted by Gasteiger charge is 2.62. The van der Waals surface area contributed by atoms with Crippen LogP contribution in [0, 0.1) is 5.92 Å². The number of ether oxygens (including phenoxy) is 1. The number of amides is 1. The quantitative estimate of drug-likeness (QED) is 0.636. The minimum absolute atomic E-state index is 0.142. The number of benzene rings is 2. The molecule has 32 heavy (non-hydrogen) atoms. The van der Waals surface area contributed by atoms with E-state index in [9.17, 15) is 4.79 Å². The van der Waals surface area contributed by atoms with E-state index in [1.54, 1.807) is 0 Å². The summed E-state index contributed by atoms with van der Waals surface area (Å²) in [6.07, 6.45) is 4.11. The molecule has 1 saturated carbocycles. The van der Waals surface area contributed by atoms with Gasteiger partial charge in [-0.1, -0.05) is 48.9 Å². The minimum Gasteiger partial charge on any atom is -0.379 e. The fourth-order valence-corrected chi connectivity index (χ4v) is 6.07. The van der Waals surface area contributed by atoms with Gasteiger partial charge in [-0.15, -0.1) is 0 Å². The Morgan fingerprint density at radius 2 is 1.62 bits per heavy atom. The van der Waals surface area contributed by atoms with Gasteiger partial charge in [0.05, 0.1) is 19.3 Å². The van der Waals surface area contributed by atoms with Gasteiger partial charge in [0, 0.05) is 25.6 Å². The summed E-state index contributed by atoms with van der Waals surface area (Å²) >= 11 is 0. The van der Waals surface area contributed by atoms with Crippen molar-refractivity contribution in [1.29, 1.82) is 0 Å². The summed E-state index contributed by atoms with van der Waals surface area (Å²) in [7, 11) is 0. The molecule has 7 heteroatoms. The first kappa shape index (κ1) is 19.9. The van der Waals surface area contributed by atoms with Gasteiger partial charge in [-0.3, -0.25) is 9.69 Å². The van der Waals surface area contributed by atoms with E-state index in [-0.39, 0.29) is 17.9 Å². The third-order valence-corrected chi connectivity index (χ3v) is 7.53. The molecule has 2 aromatic carbocycles. The number of morpholine rings is 1. The molecule has 3 unspecified atom stereocenters. The van der Waals surface area contributed by atoms with E-state index in [0.29, 0.717) is 19.8 Å². The minimum atomic E-state index is -0.535. The molecule has 3 fully saturated rings. The Kier molecular flexibility index (Phi) is 4.96. The van der Waals surface area contributed by atoms with Crippen LogP contribution < -0.4 is 0 Å². The first-order valence-corrected chi connectivity index (χ1v) is 11.8. The van der Waals surface area contributed by atoms with Crippen LogP contribution in [0.1, 0.15) is 31.2 Å². The average molecular weight is 432 g/mol. The second-order valence-corrected chi connectivity index (χ2v) is 9.21. The van der Waals surface area contributed by atoms with Gasteiger partial charge >= 0.3 is 0 Å². The zero-order valence-electron chi connectivity index (χ0n) is 18.3. The van der Waals surface area contributed by atoms with Crippen LogP contribution in [0.2, 0.25) is 0 Å². The summed E-state index contributed by atoms with van der Waals surface area (Å²) in [5, 5.41) is 9.89. The number of likely N-dealkylation sites (tertiary alicyclic amines) is 1. The molecule has 3 heterocycles. The second kappa shape index (κ2) is 7.98. The number of hydrogen-bond acceptors (Lipinski definition) is 5. The third kappa shape index (κ3) is 3.06. The Bertz CT molecular complexity index is 1080. The molecule has 0 N–H and O–H groups in total. The van der Waals surface area contributed by atoms with Gasteiger partial charge < -0.3 is 9.64 Å². The molecule has 2 aliphatic heterocycles.